The van der Waals surface area contributed by atoms with E-state index in [1.54, 1.807) is 11.3 Å². The first-order chi connectivity index (χ1) is 12.8. The molecule has 1 aliphatic heterocycles. The minimum absolute atomic E-state index is 0.216. The maximum Gasteiger partial charge on any atom is 0.223 e. The number of carbonyl (C=O) groups is 1. The van der Waals surface area contributed by atoms with Crippen LogP contribution in [0.15, 0.2) is 24.3 Å². The van der Waals surface area contributed by atoms with Gasteiger partial charge in [-0.3, -0.25) is 4.79 Å². The topological polar surface area (TPSA) is 63.9 Å². The second kappa shape index (κ2) is 6.46. The van der Waals surface area contributed by atoms with Crippen molar-refractivity contribution < 1.29 is 4.79 Å². The van der Waals surface area contributed by atoms with E-state index in [4.69, 9.17) is 0 Å². The van der Waals surface area contributed by atoms with E-state index < -0.39 is 0 Å². The molecule has 134 valence electrons. The Labute approximate surface area is 155 Å². The Bertz CT molecular complexity index is 925. The Morgan fingerprint density at radius 1 is 1.19 bits per heavy atom. The van der Waals surface area contributed by atoms with Crippen molar-refractivity contribution in [3.8, 4) is 0 Å². The molecule has 0 bridgehead atoms. The summed E-state index contributed by atoms with van der Waals surface area (Å²) in [5, 5.41) is 9.77. The van der Waals surface area contributed by atoms with Crippen molar-refractivity contribution in [2.45, 2.75) is 51.1 Å². The fraction of sp³-hybridized carbons (Fsp3) is 0.474. The summed E-state index contributed by atoms with van der Waals surface area (Å²) in [5.41, 5.74) is 1.06. The molecule has 0 unspecified atom stereocenters. The number of benzene rings is 1. The molecule has 2 aromatic heterocycles. The largest absolute Gasteiger partial charge is 0.333 e. The zero-order valence-electron chi connectivity index (χ0n) is 14.6. The highest BCUT2D eigenvalue weighted by Crippen LogP contribution is 2.39. The van der Waals surface area contributed by atoms with Gasteiger partial charge >= 0.3 is 0 Å². The molecule has 6 nitrogen and oxygen atoms in total. The summed E-state index contributed by atoms with van der Waals surface area (Å²) in [7, 11) is 0. The van der Waals surface area contributed by atoms with Crippen LogP contribution in [0.3, 0.4) is 0 Å². The van der Waals surface area contributed by atoms with E-state index in [0.29, 0.717) is 18.9 Å². The molecule has 5 rings (SSSR count). The minimum atomic E-state index is 0.216. The van der Waals surface area contributed by atoms with E-state index in [1.807, 2.05) is 23.1 Å². The summed E-state index contributed by atoms with van der Waals surface area (Å²) < 4.78 is 3.44. The van der Waals surface area contributed by atoms with Gasteiger partial charge in [0, 0.05) is 25.4 Å². The van der Waals surface area contributed by atoms with Crippen LogP contribution in [0.4, 0.5) is 0 Å². The van der Waals surface area contributed by atoms with Gasteiger partial charge in [0.25, 0.3) is 0 Å². The van der Waals surface area contributed by atoms with Gasteiger partial charge in [0.05, 0.1) is 21.8 Å². The van der Waals surface area contributed by atoms with Gasteiger partial charge in [0.1, 0.15) is 5.82 Å². The molecular weight excluding hydrogens is 346 g/mol. The van der Waals surface area contributed by atoms with Crippen molar-refractivity contribution in [1.29, 1.82) is 0 Å². The third-order valence-corrected chi connectivity index (χ3v) is 6.29. The molecule has 0 spiro atoms. The van der Waals surface area contributed by atoms with Crippen LogP contribution in [0.25, 0.3) is 10.2 Å². The van der Waals surface area contributed by atoms with Gasteiger partial charge in [-0.15, -0.1) is 21.5 Å². The molecule has 7 heteroatoms. The van der Waals surface area contributed by atoms with Crippen molar-refractivity contribution in [1.82, 2.24) is 24.6 Å². The normalized spacial score (nSPS) is 16.8. The first kappa shape index (κ1) is 15.9. The monoisotopic (exact) mass is 367 g/mol. The second-order valence-electron chi connectivity index (χ2n) is 7.14. The van der Waals surface area contributed by atoms with Crippen molar-refractivity contribution in [3.63, 3.8) is 0 Å². The van der Waals surface area contributed by atoms with Crippen LogP contribution >= 0.6 is 11.3 Å². The SMILES string of the molecule is O=C(CCCc1nc2ccccc2s1)N1CCn2c(nnc2C2CC2)C1. The second-order valence-corrected chi connectivity index (χ2v) is 8.26. The molecule has 1 amide bonds. The Morgan fingerprint density at radius 2 is 2.08 bits per heavy atom. The highest BCUT2D eigenvalue weighted by molar-refractivity contribution is 7.18. The maximum absolute atomic E-state index is 12.6. The summed E-state index contributed by atoms with van der Waals surface area (Å²) in [5.74, 6) is 2.89. The third kappa shape index (κ3) is 3.00. The average molecular weight is 367 g/mol. The predicted molar refractivity (Wildman–Crippen MR) is 100.0 cm³/mol. The first-order valence-electron chi connectivity index (χ1n) is 9.32. The number of amides is 1. The standard InChI is InChI=1S/C19H21N5OS/c25-18(7-3-6-17-20-14-4-1-2-5-15(14)26-17)23-10-11-24-16(12-23)21-22-19(24)13-8-9-13/h1-2,4-5,13H,3,6-12H2. The lowest BCUT2D eigenvalue weighted by Crippen LogP contribution is -2.38. The molecule has 1 aliphatic carbocycles. The third-order valence-electron chi connectivity index (χ3n) is 5.20. The molecule has 3 heterocycles. The number of rotatable bonds is 5. The lowest BCUT2D eigenvalue weighted by Gasteiger charge is -2.28. The highest BCUT2D eigenvalue weighted by atomic mass is 32.1. The summed E-state index contributed by atoms with van der Waals surface area (Å²) in [6.45, 7) is 2.20. The highest BCUT2D eigenvalue weighted by Gasteiger charge is 2.32. The Balaban J connectivity index is 1.17. The number of para-hydroxylation sites is 1. The molecule has 0 N–H and O–H groups in total. The smallest absolute Gasteiger partial charge is 0.223 e. The summed E-state index contributed by atoms with van der Waals surface area (Å²) >= 11 is 1.73. The van der Waals surface area contributed by atoms with E-state index in [-0.39, 0.29) is 5.91 Å². The predicted octanol–water partition coefficient (Wildman–Crippen LogP) is 3.13. The summed E-state index contributed by atoms with van der Waals surface area (Å²) in [6, 6.07) is 8.19. The maximum atomic E-state index is 12.6. The van der Waals surface area contributed by atoms with Crippen LogP contribution in [0.2, 0.25) is 0 Å². The van der Waals surface area contributed by atoms with Gasteiger partial charge in [0.2, 0.25) is 5.91 Å². The number of aromatic nitrogens is 4. The van der Waals surface area contributed by atoms with Crippen molar-refractivity contribution >= 4 is 27.5 Å². The first-order valence-corrected chi connectivity index (χ1v) is 10.1. The molecule has 3 aromatic rings. The van der Waals surface area contributed by atoms with Crippen LogP contribution in [0, 0.1) is 0 Å². The van der Waals surface area contributed by atoms with Gasteiger partial charge < -0.3 is 9.47 Å². The van der Waals surface area contributed by atoms with Crippen molar-refractivity contribution in [2.24, 2.45) is 0 Å². The molecule has 1 fully saturated rings. The number of thiazole rings is 1. The van der Waals surface area contributed by atoms with Gasteiger partial charge in [-0.1, -0.05) is 12.1 Å². The van der Waals surface area contributed by atoms with Crippen LogP contribution in [0.1, 0.15) is 48.3 Å². The quantitative estimate of drug-likeness (QED) is 0.695. The Hall–Kier alpha value is -2.28. The number of aryl methyl sites for hydroxylation is 1. The zero-order valence-corrected chi connectivity index (χ0v) is 15.4. The number of hydrogen-bond acceptors (Lipinski definition) is 5. The van der Waals surface area contributed by atoms with Gasteiger partial charge in [0.15, 0.2) is 5.82 Å². The van der Waals surface area contributed by atoms with Gasteiger partial charge in [-0.05, 0) is 37.8 Å². The molecule has 26 heavy (non-hydrogen) atoms. The molecule has 0 saturated heterocycles. The number of hydrogen-bond donors (Lipinski definition) is 0. The number of fused-ring (bicyclic) bond motifs is 2. The molecule has 1 saturated carbocycles. The Kier molecular flexibility index (Phi) is 3.96. The van der Waals surface area contributed by atoms with E-state index >= 15 is 0 Å². The van der Waals surface area contributed by atoms with Crippen molar-refractivity contribution in [3.05, 3.63) is 40.9 Å². The van der Waals surface area contributed by atoms with E-state index in [9.17, 15) is 4.79 Å². The lowest BCUT2D eigenvalue weighted by atomic mass is 10.2. The van der Waals surface area contributed by atoms with Gasteiger partial charge in [-0.2, -0.15) is 0 Å². The van der Waals surface area contributed by atoms with Gasteiger partial charge in [-0.25, -0.2) is 4.98 Å². The van der Waals surface area contributed by atoms with E-state index in [1.165, 1.54) is 17.5 Å². The number of nitrogens with zero attached hydrogens (tertiary/aromatic N) is 5. The Morgan fingerprint density at radius 3 is 2.92 bits per heavy atom. The fourth-order valence-corrected chi connectivity index (χ4v) is 4.62. The molecule has 1 aromatic carbocycles. The fourth-order valence-electron chi connectivity index (χ4n) is 3.61. The van der Waals surface area contributed by atoms with Crippen LogP contribution in [-0.4, -0.2) is 37.1 Å². The number of carbonyl (C=O) groups excluding carboxylic acids is 1. The molecule has 0 atom stereocenters. The molecular formula is C19H21N5OS. The average Bonchev–Trinajstić information content (AvgIpc) is 3.28. The van der Waals surface area contributed by atoms with E-state index in [2.05, 4.69) is 25.8 Å². The van der Waals surface area contributed by atoms with Crippen LogP contribution in [-0.2, 0) is 24.3 Å². The van der Waals surface area contributed by atoms with Crippen LogP contribution < -0.4 is 0 Å². The lowest BCUT2D eigenvalue weighted by molar-refractivity contribution is -0.132. The zero-order chi connectivity index (χ0) is 17.5. The summed E-state index contributed by atoms with van der Waals surface area (Å²) in [6.07, 6.45) is 4.73. The summed E-state index contributed by atoms with van der Waals surface area (Å²) in [4.78, 5) is 19.2. The van der Waals surface area contributed by atoms with Crippen molar-refractivity contribution in [2.75, 3.05) is 6.54 Å². The molecule has 0 radical (unpaired) electrons. The minimum Gasteiger partial charge on any atom is -0.333 e. The van der Waals surface area contributed by atoms with E-state index in [0.717, 1.165) is 48.1 Å². The van der Waals surface area contributed by atoms with Crippen LogP contribution in [0.5, 0.6) is 0 Å². The molecule has 2 aliphatic rings.